The van der Waals surface area contributed by atoms with Crippen LogP contribution >= 0.6 is 0 Å². The zero-order chi connectivity index (χ0) is 11.5. The highest BCUT2D eigenvalue weighted by Crippen LogP contribution is 2.23. The van der Waals surface area contributed by atoms with Gasteiger partial charge in [-0.25, -0.2) is 0 Å². The predicted octanol–water partition coefficient (Wildman–Crippen LogP) is 0.437. The maximum absolute atomic E-state index is 11.6. The molecular weight excluding hydrogens is 206 g/mol. The van der Waals surface area contributed by atoms with Crippen molar-refractivity contribution in [3.63, 3.8) is 0 Å². The molecule has 1 heterocycles. The van der Waals surface area contributed by atoms with E-state index < -0.39 is 0 Å². The van der Waals surface area contributed by atoms with E-state index in [1.54, 1.807) is 0 Å². The van der Waals surface area contributed by atoms with Crippen LogP contribution in [0.15, 0.2) is 0 Å². The number of hydrogen-bond acceptors (Lipinski definition) is 4. The van der Waals surface area contributed by atoms with Crippen LogP contribution in [-0.2, 0) is 9.53 Å². The summed E-state index contributed by atoms with van der Waals surface area (Å²) in [6.07, 6.45) is 2.91. The van der Waals surface area contributed by atoms with Crippen molar-refractivity contribution in [3.05, 3.63) is 0 Å². The summed E-state index contributed by atoms with van der Waals surface area (Å²) in [7, 11) is 0. The van der Waals surface area contributed by atoms with Crippen molar-refractivity contribution in [2.24, 2.45) is 5.92 Å². The first kappa shape index (κ1) is 12.0. The molecule has 1 aliphatic heterocycles. The number of rotatable bonds is 3. The smallest absolute Gasteiger partial charge is 0.137 e. The van der Waals surface area contributed by atoms with Crippen LogP contribution < -0.4 is 0 Å². The molecule has 0 amide bonds. The highest BCUT2D eigenvalue weighted by atomic mass is 16.5. The molecule has 1 N–H and O–H groups in total. The summed E-state index contributed by atoms with van der Waals surface area (Å²) in [5.74, 6) is 0.643. The minimum atomic E-state index is -0.0831. The van der Waals surface area contributed by atoms with Crippen molar-refractivity contribution in [1.82, 2.24) is 4.90 Å². The Balaban J connectivity index is 1.86. The van der Waals surface area contributed by atoms with E-state index >= 15 is 0 Å². The van der Waals surface area contributed by atoms with Crippen molar-refractivity contribution >= 4 is 5.78 Å². The number of hydrogen-bond donors (Lipinski definition) is 1. The fraction of sp³-hybridized carbons (Fsp3) is 0.917. The molecule has 4 heteroatoms. The Morgan fingerprint density at radius 2 is 2.31 bits per heavy atom. The van der Waals surface area contributed by atoms with Gasteiger partial charge in [-0.15, -0.1) is 0 Å². The molecule has 1 saturated carbocycles. The van der Waals surface area contributed by atoms with Gasteiger partial charge in [0, 0.05) is 32.0 Å². The number of ketones is 1. The van der Waals surface area contributed by atoms with Gasteiger partial charge < -0.3 is 9.84 Å². The van der Waals surface area contributed by atoms with E-state index in [2.05, 4.69) is 4.90 Å². The lowest BCUT2D eigenvalue weighted by Crippen LogP contribution is -2.49. The molecule has 0 aromatic heterocycles. The first-order chi connectivity index (χ1) is 7.69. The largest absolute Gasteiger partial charge is 0.394 e. The molecule has 0 aromatic carbocycles. The van der Waals surface area contributed by atoms with Crippen LogP contribution in [0.5, 0.6) is 0 Å². The maximum Gasteiger partial charge on any atom is 0.137 e. The third-order valence-electron chi connectivity index (χ3n) is 3.52. The van der Waals surface area contributed by atoms with Crippen LogP contribution in [0.3, 0.4) is 0 Å². The lowest BCUT2D eigenvalue weighted by molar-refractivity contribution is -0.124. The van der Waals surface area contributed by atoms with Gasteiger partial charge in [0.1, 0.15) is 5.78 Å². The maximum atomic E-state index is 11.6. The molecule has 0 aromatic rings. The summed E-state index contributed by atoms with van der Waals surface area (Å²) < 4.78 is 5.58. The molecular formula is C12H21NO3. The number of aliphatic hydroxyl groups is 1. The molecule has 1 aliphatic carbocycles. The average molecular weight is 227 g/mol. The Kier molecular flexibility index (Phi) is 3.95. The Bertz CT molecular complexity index is 257. The molecule has 3 atom stereocenters. The molecule has 16 heavy (non-hydrogen) atoms. The van der Waals surface area contributed by atoms with Gasteiger partial charge in [0.15, 0.2) is 0 Å². The SMILES string of the molecule is CC1CN(CC2CCCC2=O)CC(CO)O1. The molecule has 92 valence electrons. The van der Waals surface area contributed by atoms with E-state index in [4.69, 9.17) is 9.84 Å². The summed E-state index contributed by atoms with van der Waals surface area (Å²) in [5, 5.41) is 9.12. The Hall–Kier alpha value is -0.450. The molecule has 2 fully saturated rings. The van der Waals surface area contributed by atoms with Crippen molar-refractivity contribution < 1.29 is 14.6 Å². The molecule has 0 radical (unpaired) electrons. The van der Waals surface area contributed by atoms with E-state index in [9.17, 15) is 4.79 Å². The minimum Gasteiger partial charge on any atom is -0.394 e. The van der Waals surface area contributed by atoms with E-state index in [1.807, 2.05) is 6.92 Å². The van der Waals surface area contributed by atoms with Crippen LogP contribution in [0.1, 0.15) is 26.2 Å². The second kappa shape index (κ2) is 5.25. The Labute approximate surface area is 96.6 Å². The summed E-state index contributed by atoms with van der Waals surface area (Å²) >= 11 is 0. The number of aliphatic hydroxyl groups excluding tert-OH is 1. The normalized spacial score (nSPS) is 36.9. The summed E-state index contributed by atoms with van der Waals surface area (Å²) in [6, 6.07) is 0. The van der Waals surface area contributed by atoms with Crippen molar-refractivity contribution in [2.75, 3.05) is 26.2 Å². The van der Waals surface area contributed by atoms with Crippen LogP contribution in [0.25, 0.3) is 0 Å². The molecule has 4 nitrogen and oxygen atoms in total. The standard InChI is InChI=1S/C12H21NO3/c1-9-5-13(7-11(8-14)16-9)6-10-3-2-4-12(10)15/h9-11,14H,2-8H2,1H3. The van der Waals surface area contributed by atoms with Crippen LogP contribution in [0.4, 0.5) is 0 Å². The molecule has 0 bridgehead atoms. The summed E-state index contributed by atoms with van der Waals surface area (Å²) in [4.78, 5) is 13.8. The molecule has 2 aliphatic rings. The quantitative estimate of drug-likeness (QED) is 0.760. The first-order valence-corrected chi connectivity index (χ1v) is 6.20. The number of carbonyl (C=O) groups is 1. The monoisotopic (exact) mass is 227 g/mol. The number of ether oxygens (including phenoxy) is 1. The highest BCUT2D eigenvalue weighted by molar-refractivity contribution is 5.83. The van der Waals surface area contributed by atoms with Gasteiger partial charge in [0.2, 0.25) is 0 Å². The van der Waals surface area contributed by atoms with Crippen molar-refractivity contribution in [3.8, 4) is 0 Å². The zero-order valence-corrected chi connectivity index (χ0v) is 9.89. The summed E-state index contributed by atoms with van der Waals surface area (Å²) in [6.45, 7) is 4.57. The third kappa shape index (κ3) is 2.81. The number of morpholine rings is 1. The van der Waals surface area contributed by atoms with Gasteiger partial charge in [-0.1, -0.05) is 0 Å². The molecule has 2 rings (SSSR count). The van der Waals surface area contributed by atoms with Gasteiger partial charge in [0.25, 0.3) is 0 Å². The number of nitrogens with zero attached hydrogens (tertiary/aromatic N) is 1. The second-order valence-corrected chi connectivity index (χ2v) is 5.03. The average Bonchev–Trinajstić information content (AvgIpc) is 2.63. The fourth-order valence-electron chi connectivity index (χ4n) is 2.78. The fourth-order valence-corrected chi connectivity index (χ4v) is 2.78. The Morgan fingerprint density at radius 3 is 2.94 bits per heavy atom. The van der Waals surface area contributed by atoms with Gasteiger partial charge in [-0.2, -0.15) is 0 Å². The van der Waals surface area contributed by atoms with Gasteiger partial charge in [-0.05, 0) is 19.8 Å². The first-order valence-electron chi connectivity index (χ1n) is 6.20. The lowest BCUT2D eigenvalue weighted by atomic mass is 10.1. The predicted molar refractivity (Wildman–Crippen MR) is 60.2 cm³/mol. The Morgan fingerprint density at radius 1 is 1.50 bits per heavy atom. The van der Waals surface area contributed by atoms with E-state index in [-0.39, 0.29) is 24.7 Å². The van der Waals surface area contributed by atoms with E-state index in [1.165, 1.54) is 0 Å². The van der Waals surface area contributed by atoms with Gasteiger partial charge >= 0.3 is 0 Å². The van der Waals surface area contributed by atoms with E-state index in [0.29, 0.717) is 5.78 Å². The third-order valence-corrected chi connectivity index (χ3v) is 3.52. The van der Waals surface area contributed by atoms with Crippen molar-refractivity contribution in [2.45, 2.75) is 38.4 Å². The van der Waals surface area contributed by atoms with Crippen LogP contribution in [0.2, 0.25) is 0 Å². The van der Waals surface area contributed by atoms with E-state index in [0.717, 1.165) is 38.9 Å². The zero-order valence-electron chi connectivity index (χ0n) is 9.89. The lowest BCUT2D eigenvalue weighted by Gasteiger charge is -2.37. The van der Waals surface area contributed by atoms with Crippen LogP contribution in [-0.4, -0.2) is 54.2 Å². The highest BCUT2D eigenvalue weighted by Gasteiger charge is 2.30. The minimum absolute atomic E-state index is 0.0689. The topological polar surface area (TPSA) is 49.8 Å². The summed E-state index contributed by atoms with van der Waals surface area (Å²) in [5.41, 5.74) is 0. The van der Waals surface area contributed by atoms with Crippen LogP contribution in [0, 0.1) is 5.92 Å². The molecule has 1 saturated heterocycles. The van der Waals surface area contributed by atoms with Gasteiger partial charge in [-0.3, -0.25) is 9.69 Å². The van der Waals surface area contributed by atoms with Crippen molar-refractivity contribution in [1.29, 1.82) is 0 Å². The second-order valence-electron chi connectivity index (χ2n) is 5.03. The van der Waals surface area contributed by atoms with Gasteiger partial charge in [0.05, 0.1) is 18.8 Å². The molecule has 3 unspecified atom stereocenters. The molecule has 0 spiro atoms. The number of Topliss-reactive ketones (excluding diaryl/α,β-unsaturated/α-hetero) is 1. The number of carbonyl (C=O) groups excluding carboxylic acids is 1.